The van der Waals surface area contributed by atoms with Crippen LogP contribution < -0.4 is 0 Å². The molecule has 0 N–H and O–H groups in total. The zero-order valence-electron chi connectivity index (χ0n) is 11.4. The van der Waals surface area contributed by atoms with E-state index in [1.807, 2.05) is 11.0 Å². The Morgan fingerprint density at radius 1 is 1.35 bits per heavy atom. The molecule has 0 unspecified atom stereocenters. The van der Waals surface area contributed by atoms with E-state index in [-0.39, 0.29) is 11.7 Å². The number of unbranched alkanes of at least 4 members (excludes halogenated alkanes) is 1. The molecule has 0 atom stereocenters. The minimum absolute atomic E-state index is 0.0412. The fourth-order valence-electron chi connectivity index (χ4n) is 2.03. The molecule has 5 heteroatoms. The van der Waals surface area contributed by atoms with Crippen LogP contribution in [0.3, 0.4) is 0 Å². The third kappa shape index (κ3) is 3.58. The predicted octanol–water partition coefficient (Wildman–Crippen LogP) is 4.68. The average Bonchev–Trinajstić information content (AvgIpc) is 2.85. The summed E-state index contributed by atoms with van der Waals surface area (Å²) < 4.78 is 14.0. The van der Waals surface area contributed by atoms with Gasteiger partial charge in [-0.15, -0.1) is 11.3 Å². The SMILES string of the molecule is CCCCN(CCBr)C(=O)c1cc2ccc(F)cc2s1. The molecule has 2 nitrogen and oxygen atoms in total. The van der Waals surface area contributed by atoms with Crippen molar-refractivity contribution < 1.29 is 9.18 Å². The summed E-state index contributed by atoms with van der Waals surface area (Å²) in [5, 5.41) is 1.69. The molecule has 0 bridgehead atoms. The minimum atomic E-state index is -0.262. The van der Waals surface area contributed by atoms with Crippen LogP contribution in [0.15, 0.2) is 24.3 Å². The number of amides is 1. The predicted molar refractivity (Wildman–Crippen MR) is 86.4 cm³/mol. The molecule has 0 aliphatic carbocycles. The number of halogens is 2. The number of fused-ring (bicyclic) bond motifs is 1. The van der Waals surface area contributed by atoms with Crippen LogP contribution in [0.25, 0.3) is 10.1 Å². The Bertz CT molecular complexity index is 599. The van der Waals surface area contributed by atoms with Crippen molar-refractivity contribution in [2.24, 2.45) is 0 Å². The number of benzene rings is 1. The Kier molecular flexibility index (Phi) is 5.54. The summed E-state index contributed by atoms with van der Waals surface area (Å²) in [6, 6.07) is 6.49. The third-order valence-corrected chi connectivity index (χ3v) is 4.56. The van der Waals surface area contributed by atoms with Crippen molar-refractivity contribution in [1.82, 2.24) is 4.90 Å². The molecule has 0 saturated heterocycles. The zero-order valence-corrected chi connectivity index (χ0v) is 13.8. The van der Waals surface area contributed by atoms with Crippen molar-refractivity contribution in [3.05, 3.63) is 35.0 Å². The molecule has 1 amide bonds. The quantitative estimate of drug-likeness (QED) is 0.687. The van der Waals surface area contributed by atoms with E-state index in [1.165, 1.54) is 23.5 Å². The molecule has 2 aromatic rings. The Hall–Kier alpha value is -0.940. The van der Waals surface area contributed by atoms with Gasteiger partial charge in [0.25, 0.3) is 5.91 Å². The molecule has 2 rings (SSSR count). The summed E-state index contributed by atoms with van der Waals surface area (Å²) in [4.78, 5) is 15.1. The van der Waals surface area contributed by atoms with Gasteiger partial charge in [0.1, 0.15) is 5.82 Å². The van der Waals surface area contributed by atoms with Crippen LogP contribution in [0.1, 0.15) is 29.4 Å². The van der Waals surface area contributed by atoms with Gasteiger partial charge in [-0.05, 0) is 30.0 Å². The van der Waals surface area contributed by atoms with Gasteiger partial charge in [0.2, 0.25) is 0 Å². The fourth-order valence-corrected chi connectivity index (χ4v) is 3.52. The average molecular weight is 358 g/mol. The largest absolute Gasteiger partial charge is 0.337 e. The molecule has 0 spiro atoms. The molecule has 0 saturated carbocycles. The summed E-state index contributed by atoms with van der Waals surface area (Å²) in [6.07, 6.45) is 2.06. The smallest absolute Gasteiger partial charge is 0.263 e. The molecule has 0 aliphatic rings. The van der Waals surface area contributed by atoms with E-state index < -0.39 is 0 Å². The lowest BCUT2D eigenvalue weighted by atomic mass is 10.2. The van der Waals surface area contributed by atoms with Crippen LogP contribution in [-0.2, 0) is 0 Å². The maximum absolute atomic E-state index is 13.2. The van der Waals surface area contributed by atoms with E-state index in [4.69, 9.17) is 0 Å². The van der Waals surface area contributed by atoms with Gasteiger partial charge in [-0.3, -0.25) is 4.79 Å². The van der Waals surface area contributed by atoms with Crippen molar-refractivity contribution in [2.45, 2.75) is 19.8 Å². The lowest BCUT2D eigenvalue weighted by Gasteiger charge is -2.20. The lowest BCUT2D eigenvalue weighted by molar-refractivity contribution is 0.0769. The number of nitrogens with zero attached hydrogens (tertiary/aromatic N) is 1. The molecule has 0 aliphatic heterocycles. The van der Waals surface area contributed by atoms with Gasteiger partial charge in [0.15, 0.2) is 0 Å². The van der Waals surface area contributed by atoms with Crippen LogP contribution in [0, 0.1) is 5.82 Å². The van der Waals surface area contributed by atoms with Crippen LogP contribution in [-0.4, -0.2) is 29.2 Å². The van der Waals surface area contributed by atoms with E-state index >= 15 is 0 Å². The topological polar surface area (TPSA) is 20.3 Å². The van der Waals surface area contributed by atoms with Crippen LogP contribution in [0.4, 0.5) is 4.39 Å². The highest BCUT2D eigenvalue weighted by Gasteiger charge is 2.17. The van der Waals surface area contributed by atoms with E-state index in [1.54, 1.807) is 6.07 Å². The monoisotopic (exact) mass is 357 g/mol. The molecule has 0 radical (unpaired) electrons. The maximum Gasteiger partial charge on any atom is 0.263 e. The number of carbonyl (C=O) groups excluding carboxylic acids is 1. The Morgan fingerprint density at radius 2 is 2.15 bits per heavy atom. The molecule has 108 valence electrons. The third-order valence-electron chi connectivity index (χ3n) is 3.12. The van der Waals surface area contributed by atoms with Gasteiger partial charge in [-0.25, -0.2) is 4.39 Å². The van der Waals surface area contributed by atoms with Gasteiger partial charge in [-0.2, -0.15) is 0 Å². The summed E-state index contributed by atoms with van der Waals surface area (Å²) in [5.41, 5.74) is 0. The lowest BCUT2D eigenvalue weighted by Crippen LogP contribution is -2.33. The van der Waals surface area contributed by atoms with E-state index in [2.05, 4.69) is 22.9 Å². The molecular formula is C15H17BrFNOS. The standard InChI is InChI=1S/C15H17BrFNOS/c1-2-3-7-18(8-6-16)15(19)14-9-11-4-5-12(17)10-13(11)20-14/h4-5,9-10H,2-3,6-8H2,1H3. The van der Waals surface area contributed by atoms with Crippen molar-refractivity contribution in [3.8, 4) is 0 Å². The maximum atomic E-state index is 13.2. The van der Waals surface area contributed by atoms with Gasteiger partial charge in [0.05, 0.1) is 4.88 Å². The van der Waals surface area contributed by atoms with Gasteiger partial charge in [-0.1, -0.05) is 35.3 Å². The molecule has 1 aromatic heterocycles. The van der Waals surface area contributed by atoms with E-state index in [9.17, 15) is 9.18 Å². The molecule has 1 heterocycles. The van der Waals surface area contributed by atoms with Crippen LogP contribution in [0.2, 0.25) is 0 Å². The van der Waals surface area contributed by atoms with Crippen molar-refractivity contribution >= 4 is 43.3 Å². The second kappa shape index (κ2) is 7.18. The number of hydrogen-bond acceptors (Lipinski definition) is 2. The van der Waals surface area contributed by atoms with Crippen LogP contribution in [0.5, 0.6) is 0 Å². The minimum Gasteiger partial charge on any atom is -0.337 e. The second-order valence-corrected chi connectivity index (χ2v) is 6.50. The summed E-state index contributed by atoms with van der Waals surface area (Å²) in [7, 11) is 0. The van der Waals surface area contributed by atoms with E-state index in [0.29, 0.717) is 11.4 Å². The number of hydrogen-bond donors (Lipinski definition) is 0. The number of rotatable bonds is 6. The highest BCUT2D eigenvalue weighted by atomic mass is 79.9. The molecule has 0 fully saturated rings. The fraction of sp³-hybridized carbons (Fsp3) is 0.400. The van der Waals surface area contributed by atoms with Gasteiger partial charge < -0.3 is 4.90 Å². The summed E-state index contributed by atoms with van der Waals surface area (Å²) in [6.45, 7) is 3.57. The van der Waals surface area contributed by atoms with Crippen molar-refractivity contribution in [3.63, 3.8) is 0 Å². The molecule has 20 heavy (non-hydrogen) atoms. The molecule has 1 aromatic carbocycles. The zero-order chi connectivity index (χ0) is 14.5. The summed E-state index contributed by atoms with van der Waals surface area (Å²) >= 11 is 4.75. The first-order valence-corrected chi connectivity index (χ1v) is 8.64. The highest BCUT2D eigenvalue weighted by Crippen LogP contribution is 2.27. The number of carbonyl (C=O) groups is 1. The van der Waals surface area contributed by atoms with E-state index in [0.717, 1.165) is 34.8 Å². The normalized spacial score (nSPS) is 10.9. The first kappa shape index (κ1) is 15.4. The van der Waals surface area contributed by atoms with Crippen molar-refractivity contribution in [1.29, 1.82) is 0 Å². The molecular weight excluding hydrogens is 341 g/mol. The first-order valence-electron chi connectivity index (χ1n) is 6.70. The Balaban J connectivity index is 2.23. The number of thiophene rings is 1. The Labute approximate surface area is 130 Å². The van der Waals surface area contributed by atoms with Gasteiger partial charge in [0, 0.05) is 23.1 Å². The highest BCUT2D eigenvalue weighted by molar-refractivity contribution is 9.09. The summed E-state index contributed by atoms with van der Waals surface area (Å²) in [5.74, 6) is -0.221. The second-order valence-electron chi connectivity index (χ2n) is 4.63. The van der Waals surface area contributed by atoms with Crippen molar-refractivity contribution in [2.75, 3.05) is 18.4 Å². The first-order chi connectivity index (χ1) is 9.65. The number of alkyl halides is 1. The van der Waals surface area contributed by atoms with Gasteiger partial charge >= 0.3 is 0 Å². The van der Waals surface area contributed by atoms with Crippen LogP contribution >= 0.6 is 27.3 Å². The Morgan fingerprint density at radius 3 is 2.85 bits per heavy atom.